The van der Waals surface area contributed by atoms with E-state index in [4.69, 9.17) is 9.84 Å². The van der Waals surface area contributed by atoms with Crippen molar-refractivity contribution in [2.45, 2.75) is 33.1 Å². The van der Waals surface area contributed by atoms with Crippen molar-refractivity contribution < 1.29 is 14.3 Å². The summed E-state index contributed by atoms with van der Waals surface area (Å²) in [5.74, 6) is 0.363. The highest BCUT2D eigenvalue weighted by molar-refractivity contribution is 6.04. The smallest absolute Gasteiger partial charge is 0.414 e. The molecule has 0 saturated carbocycles. The molecule has 1 saturated heterocycles. The fourth-order valence-electron chi connectivity index (χ4n) is 3.43. The Bertz CT molecular complexity index is 1130. The third-order valence-corrected chi connectivity index (χ3v) is 5.27. The molecule has 1 fully saturated rings. The van der Waals surface area contributed by atoms with Gasteiger partial charge in [0.15, 0.2) is 0 Å². The van der Waals surface area contributed by atoms with Gasteiger partial charge in [0.1, 0.15) is 12.4 Å². The number of hydrogen-bond acceptors (Lipinski definition) is 4. The molecule has 1 aliphatic rings. The molecule has 1 aliphatic heterocycles. The number of carbonyl (C=O) groups excluding carboxylic acids is 2. The highest BCUT2D eigenvalue weighted by Gasteiger charge is 2.24. The van der Waals surface area contributed by atoms with Gasteiger partial charge in [-0.15, -0.1) is 0 Å². The average molecular weight is 418 g/mol. The van der Waals surface area contributed by atoms with Crippen LogP contribution >= 0.6 is 0 Å². The number of para-hydroxylation sites is 1. The number of amides is 2. The van der Waals surface area contributed by atoms with Gasteiger partial charge in [-0.25, -0.2) is 9.48 Å². The molecule has 4 rings (SSSR count). The van der Waals surface area contributed by atoms with Gasteiger partial charge in [-0.1, -0.05) is 39.0 Å². The van der Waals surface area contributed by atoms with Crippen molar-refractivity contribution in [3.63, 3.8) is 0 Å². The summed E-state index contributed by atoms with van der Waals surface area (Å²) in [7, 11) is 0. The lowest BCUT2D eigenvalue weighted by Crippen LogP contribution is -2.23. The summed E-state index contributed by atoms with van der Waals surface area (Å²) in [6.07, 6.45) is -0.367. The monoisotopic (exact) mass is 418 g/mol. The Morgan fingerprint density at radius 1 is 1.10 bits per heavy atom. The van der Waals surface area contributed by atoms with Gasteiger partial charge < -0.3 is 10.1 Å². The third kappa shape index (κ3) is 4.17. The topological polar surface area (TPSA) is 76.5 Å². The summed E-state index contributed by atoms with van der Waals surface area (Å²) in [6, 6.07) is 16.7. The standard InChI is InChI=1S/C24H26N4O3/c1-16-7-5-6-8-19(16)28-21(15-20(26-28)24(2,3)4)25-22(29)17-9-11-18(12-10-17)27-13-14-31-23(27)30/h5-12,15H,13-14H2,1-4H3,(H,25,29). The van der Waals surface area contributed by atoms with Crippen molar-refractivity contribution in [1.29, 1.82) is 0 Å². The van der Waals surface area contributed by atoms with Gasteiger partial charge in [0, 0.05) is 22.7 Å². The molecule has 3 aromatic rings. The summed E-state index contributed by atoms with van der Waals surface area (Å²) in [5, 5.41) is 7.78. The van der Waals surface area contributed by atoms with E-state index in [-0.39, 0.29) is 17.4 Å². The van der Waals surface area contributed by atoms with Gasteiger partial charge in [0.25, 0.3) is 5.91 Å². The SMILES string of the molecule is Cc1ccccc1-n1nc(C(C)(C)C)cc1NC(=O)c1ccc(N2CCOC2=O)cc1. The molecule has 0 atom stereocenters. The highest BCUT2D eigenvalue weighted by Crippen LogP contribution is 2.28. The first-order valence-electron chi connectivity index (χ1n) is 10.3. The van der Waals surface area contributed by atoms with Crippen LogP contribution in [0.2, 0.25) is 0 Å². The van der Waals surface area contributed by atoms with E-state index in [9.17, 15) is 9.59 Å². The van der Waals surface area contributed by atoms with Crippen LogP contribution in [-0.4, -0.2) is 34.9 Å². The van der Waals surface area contributed by atoms with Crippen LogP contribution in [0.4, 0.5) is 16.3 Å². The summed E-state index contributed by atoms with van der Waals surface area (Å²) in [5.41, 5.74) is 3.89. The Balaban J connectivity index is 1.62. The Morgan fingerprint density at radius 2 is 1.81 bits per heavy atom. The van der Waals surface area contributed by atoms with Gasteiger partial charge in [-0.05, 0) is 42.8 Å². The Labute approximate surface area is 181 Å². The van der Waals surface area contributed by atoms with Crippen molar-refractivity contribution in [1.82, 2.24) is 9.78 Å². The lowest BCUT2D eigenvalue weighted by atomic mass is 9.92. The van der Waals surface area contributed by atoms with Crippen LogP contribution in [-0.2, 0) is 10.2 Å². The Morgan fingerprint density at radius 3 is 2.42 bits per heavy atom. The van der Waals surface area contributed by atoms with E-state index in [1.807, 2.05) is 37.3 Å². The van der Waals surface area contributed by atoms with Crippen LogP contribution in [0.15, 0.2) is 54.6 Å². The van der Waals surface area contributed by atoms with Gasteiger partial charge in [-0.2, -0.15) is 5.10 Å². The number of carbonyl (C=O) groups is 2. The number of nitrogens with zero attached hydrogens (tertiary/aromatic N) is 3. The first-order valence-corrected chi connectivity index (χ1v) is 10.3. The molecule has 1 N–H and O–H groups in total. The molecule has 160 valence electrons. The van der Waals surface area contributed by atoms with Crippen LogP contribution in [0.3, 0.4) is 0 Å². The number of benzene rings is 2. The van der Waals surface area contributed by atoms with Crippen LogP contribution in [0.25, 0.3) is 5.69 Å². The van der Waals surface area contributed by atoms with Gasteiger partial charge >= 0.3 is 6.09 Å². The number of hydrogen-bond donors (Lipinski definition) is 1. The molecule has 2 amide bonds. The van der Waals surface area contributed by atoms with Crippen LogP contribution in [0.5, 0.6) is 0 Å². The summed E-state index contributed by atoms with van der Waals surface area (Å²) in [4.78, 5) is 26.3. The van der Waals surface area contributed by atoms with Crippen molar-refractivity contribution >= 4 is 23.5 Å². The van der Waals surface area contributed by atoms with Gasteiger partial charge in [0.2, 0.25) is 0 Å². The zero-order chi connectivity index (χ0) is 22.2. The van der Waals surface area contributed by atoms with E-state index in [1.165, 1.54) is 0 Å². The van der Waals surface area contributed by atoms with E-state index < -0.39 is 0 Å². The maximum atomic E-state index is 13.0. The first kappa shape index (κ1) is 20.7. The number of aromatic nitrogens is 2. The molecule has 2 aromatic carbocycles. The van der Waals surface area contributed by atoms with Crippen molar-refractivity contribution in [2.24, 2.45) is 0 Å². The first-order chi connectivity index (χ1) is 14.7. The number of cyclic esters (lactones) is 1. The van der Waals surface area contributed by atoms with Crippen LogP contribution in [0.1, 0.15) is 42.4 Å². The minimum Gasteiger partial charge on any atom is -0.447 e. The van der Waals surface area contributed by atoms with E-state index in [1.54, 1.807) is 33.8 Å². The maximum absolute atomic E-state index is 13.0. The number of rotatable bonds is 4. The molecule has 0 unspecified atom stereocenters. The second-order valence-electron chi connectivity index (χ2n) is 8.63. The van der Waals surface area contributed by atoms with E-state index in [0.717, 1.165) is 16.9 Å². The molecule has 0 bridgehead atoms. The average Bonchev–Trinajstić information content (AvgIpc) is 3.35. The molecular weight excluding hydrogens is 392 g/mol. The summed E-state index contributed by atoms with van der Waals surface area (Å²) in [6.45, 7) is 9.17. The van der Waals surface area contributed by atoms with Crippen molar-refractivity contribution in [3.05, 3.63) is 71.4 Å². The zero-order valence-corrected chi connectivity index (χ0v) is 18.2. The minimum atomic E-state index is -0.367. The largest absolute Gasteiger partial charge is 0.447 e. The molecular formula is C24H26N4O3. The van der Waals surface area contributed by atoms with E-state index >= 15 is 0 Å². The molecule has 1 aromatic heterocycles. The number of anilines is 2. The zero-order valence-electron chi connectivity index (χ0n) is 18.2. The van der Waals surface area contributed by atoms with Crippen LogP contribution < -0.4 is 10.2 Å². The molecule has 0 radical (unpaired) electrons. The Kier molecular flexibility index (Phi) is 5.27. The second-order valence-corrected chi connectivity index (χ2v) is 8.63. The fourth-order valence-corrected chi connectivity index (χ4v) is 3.43. The Hall–Kier alpha value is -3.61. The second kappa shape index (κ2) is 7.91. The molecule has 7 heteroatoms. The molecule has 0 spiro atoms. The van der Waals surface area contributed by atoms with Gasteiger partial charge in [0.05, 0.1) is 17.9 Å². The molecule has 0 aliphatic carbocycles. The van der Waals surface area contributed by atoms with E-state index in [0.29, 0.717) is 30.2 Å². The minimum absolute atomic E-state index is 0.167. The number of nitrogens with one attached hydrogen (secondary N) is 1. The fraction of sp³-hybridized carbons (Fsp3) is 0.292. The van der Waals surface area contributed by atoms with Crippen molar-refractivity contribution in [2.75, 3.05) is 23.4 Å². The summed E-state index contributed by atoms with van der Waals surface area (Å²) < 4.78 is 6.75. The summed E-state index contributed by atoms with van der Waals surface area (Å²) >= 11 is 0. The molecule has 2 heterocycles. The molecule has 31 heavy (non-hydrogen) atoms. The van der Waals surface area contributed by atoms with Gasteiger partial charge in [-0.3, -0.25) is 9.69 Å². The van der Waals surface area contributed by atoms with E-state index in [2.05, 4.69) is 26.1 Å². The number of ether oxygens (including phenoxy) is 1. The lowest BCUT2D eigenvalue weighted by Gasteiger charge is -2.14. The molecule has 7 nitrogen and oxygen atoms in total. The van der Waals surface area contributed by atoms with Crippen LogP contribution in [0, 0.1) is 6.92 Å². The number of aryl methyl sites for hydroxylation is 1. The normalized spacial score (nSPS) is 13.9. The predicted octanol–water partition coefficient (Wildman–Crippen LogP) is 4.69. The predicted molar refractivity (Wildman–Crippen MR) is 120 cm³/mol. The maximum Gasteiger partial charge on any atom is 0.414 e. The van der Waals surface area contributed by atoms with Crippen molar-refractivity contribution in [3.8, 4) is 5.69 Å². The quantitative estimate of drug-likeness (QED) is 0.667. The highest BCUT2D eigenvalue weighted by atomic mass is 16.6. The lowest BCUT2D eigenvalue weighted by molar-refractivity contribution is 0.102. The third-order valence-electron chi connectivity index (χ3n) is 5.27.